The van der Waals surface area contributed by atoms with E-state index in [1.54, 1.807) is 12.1 Å². The number of nitrogens with zero attached hydrogens (tertiary/aromatic N) is 2. The van der Waals surface area contributed by atoms with E-state index in [2.05, 4.69) is 4.90 Å². The van der Waals surface area contributed by atoms with Crippen LogP contribution in [0.2, 0.25) is 10.0 Å². The Morgan fingerprint density at radius 3 is 2.56 bits per heavy atom. The smallest absolute Gasteiger partial charge is 0.545 e. The van der Waals surface area contributed by atoms with Gasteiger partial charge in [-0.15, -0.1) is 0 Å². The molecule has 162 valence electrons. The van der Waals surface area contributed by atoms with Crippen molar-refractivity contribution in [2.45, 2.75) is 13.0 Å². The zero-order chi connectivity index (χ0) is 22.0. The van der Waals surface area contributed by atoms with E-state index in [0.717, 1.165) is 30.8 Å². The Labute approximate surface area is 218 Å². The van der Waals surface area contributed by atoms with Crippen LogP contribution in [0.1, 0.15) is 21.5 Å². The summed E-state index contributed by atoms with van der Waals surface area (Å²) in [6, 6.07) is 10.9. The monoisotopic (exact) mass is 482 g/mol. The van der Waals surface area contributed by atoms with Crippen LogP contribution >= 0.6 is 23.2 Å². The van der Waals surface area contributed by atoms with Crippen molar-refractivity contribution in [2.24, 2.45) is 0 Å². The minimum atomic E-state index is -1.48. The Balaban J connectivity index is 0.00000289. The molecular formula is C23H21Cl2N2NaO4. The molecule has 32 heavy (non-hydrogen) atoms. The third-order valence-corrected chi connectivity index (χ3v) is 6.41. The fourth-order valence-electron chi connectivity index (χ4n) is 3.86. The molecule has 2 heterocycles. The van der Waals surface area contributed by atoms with Crippen molar-refractivity contribution in [1.82, 2.24) is 9.47 Å². The summed E-state index contributed by atoms with van der Waals surface area (Å²) in [5.41, 5.74) is 1.47. The van der Waals surface area contributed by atoms with Gasteiger partial charge in [0.05, 0.1) is 40.3 Å². The van der Waals surface area contributed by atoms with E-state index in [9.17, 15) is 14.7 Å². The first-order chi connectivity index (χ1) is 14.9. The molecule has 1 fully saturated rings. The first-order valence-corrected chi connectivity index (χ1v) is 10.8. The molecule has 0 bridgehead atoms. The fraction of sp³-hybridized carbons (Fsp3) is 0.304. The number of hydrogen-bond acceptors (Lipinski definition) is 5. The molecule has 6 nitrogen and oxygen atoms in total. The Bertz CT molecular complexity index is 1190. The summed E-state index contributed by atoms with van der Waals surface area (Å²) in [6.07, 6.45) is 1.85. The van der Waals surface area contributed by atoms with Crippen molar-refractivity contribution in [3.8, 4) is 0 Å². The van der Waals surface area contributed by atoms with Crippen molar-refractivity contribution >= 4 is 40.1 Å². The third kappa shape index (κ3) is 5.57. The molecule has 2 aromatic carbocycles. The number of hydrogen-bond donors (Lipinski definition) is 0. The van der Waals surface area contributed by atoms with Crippen LogP contribution in [0.25, 0.3) is 10.9 Å². The molecule has 0 aliphatic carbocycles. The van der Waals surface area contributed by atoms with Gasteiger partial charge in [0.1, 0.15) is 0 Å². The molecule has 0 atom stereocenters. The van der Waals surface area contributed by atoms with E-state index in [0.29, 0.717) is 47.1 Å². The summed E-state index contributed by atoms with van der Waals surface area (Å²) >= 11 is 12.4. The quantitative estimate of drug-likeness (QED) is 0.447. The molecule has 1 aromatic heterocycles. The molecular weight excluding hydrogens is 462 g/mol. The van der Waals surface area contributed by atoms with Gasteiger partial charge in [-0.25, -0.2) is 0 Å². The number of carboxylic acid groups (broad SMARTS) is 1. The number of rotatable bonds is 6. The van der Waals surface area contributed by atoms with Crippen LogP contribution in [-0.4, -0.2) is 48.3 Å². The van der Waals surface area contributed by atoms with E-state index in [4.69, 9.17) is 27.9 Å². The number of benzene rings is 2. The Hall–Kier alpha value is -1.38. The summed E-state index contributed by atoms with van der Waals surface area (Å²) in [6.45, 7) is 4.31. The Morgan fingerprint density at radius 2 is 1.84 bits per heavy atom. The molecule has 1 saturated heterocycles. The zero-order valence-electron chi connectivity index (χ0n) is 17.8. The van der Waals surface area contributed by atoms with Crippen molar-refractivity contribution in [3.63, 3.8) is 0 Å². The van der Waals surface area contributed by atoms with E-state index < -0.39 is 11.4 Å². The summed E-state index contributed by atoms with van der Waals surface area (Å²) in [7, 11) is 0. The molecule has 1 aliphatic heterocycles. The van der Waals surface area contributed by atoms with Gasteiger partial charge >= 0.3 is 29.6 Å². The van der Waals surface area contributed by atoms with Gasteiger partial charge < -0.3 is 19.2 Å². The van der Waals surface area contributed by atoms with Crippen molar-refractivity contribution in [1.29, 1.82) is 0 Å². The first-order valence-electron chi connectivity index (χ1n) is 10.0. The van der Waals surface area contributed by atoms with Crippen LogP contribution in [0.4, 0.5) is 0 Å². The number of carbonyl (C=O) groups is 1. The van der Waals surface area contributed by atoms with Crippen LogP contribution in [0, 0.1) is 0 Å². The predicted molar refractivity (Wildman–Crippen MR) is 119 cm³/mol. The van der Waals surface area contributed by atoms with Crippen LogP contribution in [0.15, 0.2) is 47.4 Å². The first kappa shape index (κ1) is 25.2. The minimum absolute atomic E-state index is 0. The zero-order valence-corrected chi connectivity index (χ0v) is 21.3. The third-order valence-electron chi connectivity index (χ3n) is 5.55. The standard InChI is InChI=1S/C23H22Cl2N2O4.Na/c24-19-3-1-2-16(21(19)25)12-15-4-5-20-17(13-15)22(28)18(23(29)30)14-27(20)7-6-26-8-10-31-11-9-26;/h1-5,13-14H,6-12H2,(H,29,30);/q;+1/p-1. The van der Waals surface area contributed by atoms with Gasteiger partial charge in [-0.1, -0.05) is 41.4 Å². The number of pyridine rings is 1. The van der Waals surface area contributed by atoms with E-state index in [1.807, 2.05) is 28.8 Å². The molecule has 0 amide bonds. The maximum absolute atomic E-state index is 12.8. The molecule has 3 aromatic rings. The molecule has 0 unspecified atom stereocenters. The van der Waals surface area contributed by atoms with E-state index in [-0.39, 0.29) is 35.1 Å². The maximum atomic E-state index is 12.8. The van der Waals surface area contributed by atoms with Gasteiger partial charge in [0.15, 0.2) is 5.43 Å². The summed E-state index contributed by atoms with van der Waals surface area (Å²) in [5.74, 6) is -1.48. The Kier molecular flexibility index (Phi) is 8.81. The van der Waals surface area contributed by atoms with Gasteiger partial charge in [0, 0.05) is 37.8 Å². The fourth-order valence-corrected chi connectivity index (χ4v) is 4.25. The second-order valence-electron chi connectivity index (χ2n) is 7.55. The average molecular weight is 483 g/mol. The number of aromatic nitrogens is 1. The van der Waals surface area contributed by atoms with Gasteiger partial charge in [-0.05, 0) is 35.7 Å². The van der Waals surface area contributed by atoms with Crippen molar-refractivity contribution in [3.05, 3.63) is 79.6 Å². The minimum Gasteiger partial charge on any atom is -0.545 e. The normalized spacial score (nSPS) is 14.3. The SMILES string of the molecule is O=C([O-])c1cn(CCN2CCOCC2)c2ccc(Cc3cccc(Cl)c3Cl)cc2c1=O.[Na+]. The average Bonchev–Trinajstić information content (AvgIpc) is 2.77. The molecule has 0 N–H and O–H groups in total. The van der Waals surface area contributed by atoms with Gasteiger partial charge in [0.25, 0.3) is 0 Å². The maximum Gasteiger partial charge on any atom is 1.00 e. The van der Waals surface area contributed by atoms with Crippen LogP contribution in [0.3, 0.4) is 0 Å². The molecule has 9 heteroatoms. The van der Waals surface area contributed by atoms with Crippen LogP contribution in [-0.2, 0) is 17.7 Å². The second-order valence-corrected chi connectivity index (χ2v) is 8.33. The topological polar surface area (TPSA) is 74.6 Å². The molecule has 4 rings (SSSR count). The summed E-state index contributed by atoms with van der Waals surface area (Å²) < 4.78 is 7.19. The van der Waals surface area contributed by atoms with Gasteiger partial charge in [-0.2, -0.15) is 0 Å². The molecule has 1 aliphatic rings. The number of ether oxygens (including phenoxy) is 1. The predicted octanol–water partition coefficient (Wildman–Crippen LogP) is -0.401. The Morgan fingerprint density at radius 1 is 1.09 bits per heavy atom. The number of carbonyl (C=O) groups excluding carboxylic acids is 1. The van der Waals surface area contributed by atoms with Crippen LogP contribution < -0.4 is 40.1 Å². The van der Waals surface area contributed by atoms with E-state index in [1.165, 1.54) is 6.20 Å². The summed E-state index contributed by atoms with van der Waals surface area (Å²) in [4.78, 5) is 26.7. The number of carboxylic acids is 1. The van der Waals surface area contributed by atoms with Crippen molar-refractivity contribution in [2.75, 3.05) is 32.8 Å². The molecule has 0 radical (unpaired) electrons. The largest absolute Gasteiger partial charge is 1.00 e. The van der Waals surface area contributed by atoms with E-state index >= 15 is 0 Å². The number of fused-ring (bicyclic) bond motifs is 1. The van der Waals surface area contributed by atoms with Gasteiger partial charge in [0.2, 0.25) is 0 Å². The molecule has 0 saturated carbocycles. The number of halogens is 2. The molecule has 0 spiro atoms. The van der Waals surface area contributed by atoms with Crippen molar-refractivity contribution < 1.29 is 44.2 Å². The number of morpholine rings is 1. The second kappa shape index (κ2) is 11.2. The summed E-state index contributed by atoms with van der Waals surface area (Å²) in [5, 5.41) is 12.9. The number of aromatic carboxylic acids is 1. The van der Waals surface area contributed by atoms with Gasteiger partial charge in [-0.3, -0.25) is 9.69 Å². The van der Waals surface area contributed by atoms with Crippen LogP contribution in [0.5, 0.6) is 0 Å².